The Balaban J connectivity index is 0.000000216. The molecule has 4 aromatic carbocycles. The number of rotatable bonds is 13. The second-order valence-electron chi connectivity index (χ2n) is 18.0. The number of hydrogen-bond acceptors (Lipinski definition) is 10. The van der Waals surface area contributed by atoms with Crippen LogP contribution in [0, 0.1) is 11.8 Å². The van der Waals surface area contributed by atoms with Crippen LogP contribution in [0.2, 0.25) is 0 Å². The van der Waals surface area contributed by atoms with E-state index in [9.17, 15) is 28.8 Å². The van der Waals surface area contributed by atoms with Gasteiger partial charge < -0.3 is 24.6 Å². The van der Waals surface area contributed by atoms with Crippen molar-refractivity contribution in [1.29, 1.82) is 0 Å². The summed E-state index contributed by atoms with van der Waals surface area (Å²) >= 11 is 0. The first kappa shape index (κ1) is 52.0. The van der Waals surface area contributed by atoms with Crippen molar-refractivity contribution in [2.75, 3.05) is 20.1 Å². The number of fused-ring (bicyclic) bond motifs is 2. The van der Waals surface area contributed by atoms with Gasteiger partial charge in [-0.3, -0.25) is 44.3 Å². The van der Waals surface area contributed by atoms with E-state index in [0.29, 0.717) is 61.8 Å². The molecule has 0 aliphatic carbocycles. The number of amides is 6. The van der Waals surface area contributed by atoms with Gasteiger partial charge in [-0.1, -0.05) is 102 Å². The van der Waals surface area contributed by atoms with Gasteiger partial charge in [0.1, 0.15) is 36.8 Å². The van der Waals surface area contributed by atoms with Crippen LogP contribution >= 0.6 is 0 Å². The number of ether oxygens (including phenoxy) is 2. The summed E-state index contributed by atoms with van der Waals surface area (Å²) in [5.41, 5.74) is 7.32. The van der Waals surface area contributed by atoms with Crippen molar-refractivity contribution in [2.24, 2.45) is 11.8 Å². The molecule has 0 spiro atoms. The van der Waals surface area contributed by atoms with E-state index in [2.05, 4.69) is 71.1 Å². The highest BCUT2D eigenvalue weighted by Gasteiger charge is 2.41. The highest BCUT2D eigenvalue weighted by atomic mass is 16.5. The molecule has 5 aliphatic heterocycles. The van der Waals surface area contributed by atoms with Crippen molar-refractivity contribution < 1.29 is 38.2 Å². The Morgan fingerprint density at radius 3 is 1.41 bits per heavy atom. The van der Waals surface area contributed by atoms with Crippen LogP contribution in [0.4, 0.5) is 0 Å². The Bertz CT molecular complexity index is 2430. The van der Waals surface area contributed by atoms with Crippen molar-refractivity contribution >= 4 is 35.4 Å². The van der Waals surface area contributed by atoms with Gasteiger partial charge in [-0.25, -0.2) is 0 Å². The van der Waals surface area contributed by atoms with Gasteiger partial charge in [-0.2, -0.15) is 0 Å². The molecule has 6 amide bonds. The second kappa shape index (κ2) is 24.8. The highest BCUT2D eigenvalue weighted by Crippen LogP contribution is 2.36. The lowest BCUT2D eigenvalue weighted by atomic mass is 9.86. The number of hydrogen-bond donors (Lipinski definition) is 3. The topological polar surface area (TPSA) is 167 Å². The Labute approximate surface area is 407 Å². The fraction of sp³-hybridized carbons (Fsp3) is 0.455. The minimum Gasteiger partial charge on any atom is -0.489 e. The molecule has 368 valence electrons. The summed E-state index contributed by atoms with van der Waals surface area (Å²) in [4.78, 5) is 78.9. The summed E-state index contributed by atoms with van der Waals surface area (Å²) in [6, 6.07) is 26.3. The average Bonchev–Trinajstić information content (AvgIpc) is 3.88. The summed E-state index contributed by atoms with van der Waals surface area (Å²) in [7, 11) is 1.91. The third-order valence-corrected chi connectivity index (χ3v) is 13.3. The number of carbonyl (C=O) groups excluding carboxylic acids is 6. The van der Waals surface area contributed by atoms with Crippen LogP contribution in [0.1, 0.15) is 134 Å². The number of nitrogens with zero attached hydrogens (tertiary/aromatic N) is 3. The summed E-state index contributed by atoms with van der Waals surface area (Å²) in [6.45, 7) is 18.2. The van der Waals surface area contributed by atoms with E-state index in [-0.39, 0.29) is 36.5 Å². The first-order valence-corrected chi connectivity index (χ1v) is 24.8. The quantitative estimate of drug-likeness (QED) is 0.113. The molecular weight excluding hydrogens is 873 g/mol. The zero-order valence-electron chi connectivity index (χ0n) is 41.4. The summed E-state index contributed by atoms with van der Waals surface area (Å²) in [5, 5.41) is 7.78. The van der Waals surface area contributed by atoms with Crippen molar-refractivity contribution in [2.45, 2.75) is 132 Å². The maximum atomic E-state index is 13.0. The molecule has 0 radical (unpaired) electrons. The van der Waals surface area contributed by atoms with Crippen molar-refractivity contribution in [3.8, 4) is 11.5 Å². The largest absolute Gasteiger partial charge is 0.489 e. The monoisotopic (exact) mass is 943 g/mol. The van der Waals surface area contributed by atoms with E-state index in [1.807, 2.05) is 65.1 Å². The van der Waals surface area contributed by atoms with Crippen LogP contribution in [0.25, 0.3) is 0 Å². The zero-order chi connectivity index (χ0) is 49.6. The molecule has 2 unspecified atom stereocenters. The van der Waals surface area contributed by atoms with Crippen molar-refractivity contribution in [3.05, 3.63) is 129 Å². The number of nitrogens with one attached hydrogen (secondary N) is 3. The average molecular weight is 943 g/mol. The Morgan fingerprint density at radius 1 is 0.580 bits per heavy atom. The molecule has 14 heteroatoms. The molecule has 5 aliphatic rings. The Hall–Kier alpha value is -6.38. The number of benzene rings is 4. The molecule has 3 fully saturated rings. The predicted octanol–water partition coefficient (Wildman–Crippen LogP) is 7.69. The van der Waals surface area contributed by atoms with E-state index in [4.69, 9.17) is 9.47 Å². The van der Waals surface area contributed by atoms with E-state index >= 15 is 0 Å². The van der Waals surface area contributed by atoms with Gasteiger partial charge in [0.15, 0.2) is 0 Å². The SMILES string of the molecule is CC.CC.CC(C)C1CCN(Cc2ccc(COc3cccc4c3CN(C3CCC(=O)NC3=O)C4=O)cc2)CC1.CNCc1ccc(COc2cccc3c2CN(C2CCC(=O)NC2=O)C3=O)cc1. The van der Waals surface area contributed by atoms with E-state index < -0.39 is 23.9 Å². The normalized spacial score (nSPS) is 19.0. The van der Waals surface area contributed by atoms with Crippen molar-refractivity contribution in [3.63, 3.8) is 0 Å². The maximum Gasteiger partial charge on any atom is 0.255 e. The number of likely N-dealkylation sites (tertiary alicyclic amines) is 1. The van der Waals surface area contributed by atoms with Gasteiger partial charge in [-0.05, 0) is 104 Å². The van der Waals surface area contributed by atoms with Gasteiger partial charge in [0.05, 0.1) is 13.1 Å². The lowest BCUT2D eigenvalue weighted by Crippen LogP contribution is -2.52. The summed E-state index contributed by atoms with van der Waals surface area (Å²) in [5.74, 6) is 1.15. The standard InChI is InChI=1S/C29H35N3O4.C22H23N3O4.2C2H6/c1-19(2)22-12-14-31(15-13-22)16-20-6-8-21(9-7-20)18-36-26-5-3-4-23-24(26)17-32(29(23)35)25-10-11-27(33)30-28(25)34;1-23-11-14-5-7-15(8-6-14)13-29-19-4-2-3-16-17(19)12-25(22(16)28)18-9-10-20(26)24-21(18)27;2*1-2/h3-9,19,22,25H,10-18H2,1-2H3,(H,30,33,34);2-8,18,23H,9-13H2,1H3,(H,24,26,27);2*1-2H3. The van der Waals surface area contributed by atoms with E-state index in [0.717, 1.165) is 47.2 Å². The van der Waals surface area contributed by atoms with Crippen LogP contribution in [0.5, 0.6) is 11.5 Å². The third-order valence-electron chi connectivity index (χ3n) is 13.3. The fourth-order valence-electron chi connectivity index (χ4n) is 9.44. The Morgan fingerprint density at radius 2 is 1.00 bits per heavy atom. The van der Waals surface area contributed by atoms with Gasteiger partial charge in [0.2, 0.25) is 23.6 Å². The van der Waals surface area contributed by atoms with E-state index in [1.165, 1.54) is 42.0 Å². The predicted molar refractivity (Wildman–Crippen MR) is 265 cm³/mol. The molecule has 0 bridgehead atoms. The van der Waals surface area contributed by atoms with Crippen LogP contribution in [-0.2, 0) is 58.6 Å². The molecule has 69 heavy (non-hydrogen) atoms. The van der Waals surface area contributed by atoms with Gasteiger partial charge in [0, 0.05) is 48.2 Å². The molecule has 4 aromatic rings. The summed E-state index contributed by atoms with van der Waals surface area (Å²) < 4.78 is 12.2. The maximum absolute atomic E-state index is 13.0. The first-order chi connectivity index (χ1) is 33.4. The lowest BCUT2D eigenvalue weighted by molar-refractivity contribution is -0.138. The highest BCUT2D eigenvalue weighted by molar-refractivity contribution is 6.06. The summed E-state index contributed by atoms with van der Waals surface area (Å²) in [6.07, 6.45) is 3.75. The van der Waals surface area contributed by atoms with E-state index in [1.54, 1.807) is 23.1 Å². The van der Waals surface area contributed by atoms with Crippen molar-refractivity contribution in [1.82, 2.24) is 30.7 Å². The fourth-order valence-corrected chi connectivity index (χ4v) is 9.44. The van der Waals surface area contributed by atoms with Gasteiger partial charge >= 0.3 is 0 Å². The molecule has 3 saturated heterocycles. The van der Waals surface area contributed by atoms with Gasteiger partial charge in [-0.15, -0.1) is 0 Å². The molecule has 9 rings (SSSR count). The molecule has 14 nitrogen and oxygen atoms in total. The van der Waals surface area contributed by atoms with Crippen LogP contribution in [-0.4, -0.2) is 82.4 Å². The minimum absolute atomic E-state index is 0.188. The Kier molecular flexibility index (Phi) is 18.7. The van der Waals surface area contributed by atoms with Crippen LogP contribution in [0.15, 0.2) is 84.9 Å². The van der Waals surface area contributed by atoms with Crippen LogP contribution in [0.3, 0.4) is 0 Å². The minimum atomic E-state index is -0.626. The zero-order valence-corrected chi connectivity index (χ0v) is 41.4. The molecule has 5 heterocycles. The smallest absolute Gasteiger partial charge is 0.255 e. The number of carbonyl (C=O) groups is 6. The third kappa shape index (κ3) is 12.8. The molecule has 2 atom stereocenters. The second-order valence-corrected chi connectivity index (χ2v) is 18.0. The van der Waals surface area contributed by atoms with Gasteiger partial charge in [0.25, 0.3) is 11.8 Å². The number of piperidine rings is 3. The number of imide groups is 2. The molecule has 0 saturated carbocycles. The molecule has 0 aromatic heterocycles. The molecular formula is C55H70N6O8. The molecule has 3 N–H and O–H groups in total. The first-order valence-electron chi connectivity index (χ1n) is 24.8. The van der Waals surface area contributed by atoms with Crippen LogP contribution < -0.4 is 25.4 Å². The lowest BCUT2D eigenvalue weighted by Gasteiger charge is -2.33.